The lowest BCUT2D eigenvalue weighted by molar-refractivity contribution is -0.151. The Kier molecular flexibility index (Phi) is 4.84. The number of allylic oxidation sites excluding steroid dienone is 1. The van der Waals surface area contributed by atoms with E-state index >= 15 is 0 Å². The summed E-state index contributed by atoms with van der Waals surface area (Å²) in [5.41, 5.74) is 1.44. The Labute approximate surface area is 121 Å². The van der Waals surface area contributed by atoms with Gasteiger partial charge in [-0.25, -0.2) is 0 Å². The van der Waals surface area contributed by atoms with E-state index in [1.807, 2.05) is 25.7 Å². The maximum absolute atomic E-state index is 12.5. The van der Waals surface area contributed by atoms with Gasteiger partial charge in [0, 0.05) is 6.54 Å². The second-order valence-corrected chi connectivity index (χ2v) is 6.19. The molecule has 0 bridgehead atoms. The monoisotopic (exact) mass is 278 g/mol. The van der Waals surface area contributed by atoms with Gasteiger partial charge in [-0.3, -0.25) is 9.59 Å². The highest BCUT2D eigenvalue weighted by atomic mass is 16.2. The van der Waals surface area contributed by atoms with Crippen LogP contribution in [0.5, 0.6) is 0 Å². The number of carbonyl (C=O) groups is 2. The van der Waals surface area contributed by atoms with E-state index in [4.69, 9.17) is 0 Å². The third-order valence-corrected chi connectivity index (χ3v) is 4.35. The van der Waals surface area contributed by atoms with Crippen molar-refractivity contribution in [3.63, 3.8) is 0 Å². The molecule has 112 valence electrons. The molecular formula is C16H26N2O2. The van der Waals surface area contributed by atoms with Crippen molar-refractivity contribution < 1.29 is 9.59 Å². The first-order chi connectivity index (χ1) is 9.54. The van der Waals surface area contributed by atoms with E-state index in [0.29, 0.717) is 13.0 Å². The molecule has 0 aromatic carbocycles. The van der Waals surface area contributed by atoms with Crippen LogP contribution in [0.4, 0.5) is 0 Å². The van der Waals surface area contributed by atoms with Crippen molar-refractivity contribution in [3.8, 4) is 0 Å². The molecule has 1 N–H and O–H groups in total. The van der Waals surface area contributed by atoms with Crippen molar-refractivity contribution in [1.29, 1.82) is 0 Å². The van der Waals surface area contributed by atoms with Gasteiger partial charge in [0.1, 0.15) is 12.1 Å². The Morgan fingerprint density at radius 2 is 2.15 bits per heavy atom. The molecule has 4 heteroatoms. The average molecular weight is 278 g/mol. The van der Waals surface area contributed by atoms with E-state index in [0.717, 1.165) is 19.3 Å². The van der Waals surface area contributed by atoms with Crippen LogP contribution in [0.1, 0.15) is 52.9 Å². The SMILES string of the molecule is CCC1NC(=O)C(C(C)C)N(CCC2=CCCC2)C1=O. The molecule has 0 radical (unpaired) electrons. The predicted molar refractivity (Wildman–Crippen MR) is 79.1 cm³/mol. The summed E-state index contributed by atoms with van der Waals surface area (Å²) in [5, 5.41) is 2.86. The minimum absolute atomic E-state index is 0.00634. The van der Waals surface area contributed by atoms with Crippen LogP contribution in [-0.4, -0.2) is 35.3 Å². The number of carbonyl (C=O) groups excluding carboxylic acids is 2. The third-order valence-electron chi connectivity index (χ3n) is 4.35. The fourth-order valence-corrected chi connectivity index (χ4v) is 3.21. The number of rotatable bonds is 5. The highest BCUT2D eigenvalue weighted by molar-refractivity contribution is 5.97. The second kappa shape index (κ2) is 6.42. The van der Waals surface area contributed by atoms with Gasteiger partial charge in [-0.15, -0.1) is 0 Å². The lowest BCUT2D eigenvalue weighted by atomic mass is 9.95. The van der Waals surface area contributed by atoms with Crippen molar-refractivity contribution in [2.24, 2.45) is 5.92 Å². The smallest absolute Gasteiger partial charge is 0.245 e. The Hall–Kier alpha value is -1.32. The minimum Gasteiger partial charge on any atom is -0.343 e. The lowest BCUT2D eigenvalue weighted by Gasteiger charge is -2.40. The van der Waals surface area contributed by atoms with Crippen molar-refractivity contribution in [2.75, 3.05) is 6.54 Å². The lowest BCUT2D eigenvalue weighted by Crippen LogP contribution is -2.64. The van der Waals surface area contributed by atoms with Crippen molar-refractivity contribution in [2.45, 2.75) is 65.0 Å². The van der Waals surface area contributed by atoms with E-state index in [2.05, 4.69) is 11.4 Å². The molecule has 0 spiro atoms. The fraction of sp³-hybridized carbons (Fsp3) is 0.750. The first-order valence-electron chi connectivity index (χ1n) is 7.83. The van der Waals surface area contributed by atoms with E-state index in [9.17, 15) is 9.59 Å². The van der Waals surface area contributed by atoms with E-state index in [-0.39, 0.29) is 29.8 Å². The van der Waals surface area contributed by atoms with E-state index in [1.165, 1.54) is 12.0 Å². The van der Waals surface area contributed by atoms with Crippen LogP contribution < -0.4 is 5.32 Å². The third kappa shape index (κ3) is 3.05. The molecule has 2 unspecified atom stereocenters. The molecule has 2 rings (SSSR count). The van der Waals surface area contributed by atoms with Gasteiger partial charge in [-0.1, -0.05) is 32.4 Å². The molecule has 4 nitrogen and oxygen atoms in total. The van der Waals surface area contributed by atoms with Gasteiger partial charge in [0.15, 0.2) is 0 Å². The Morgan fingerprint density at radius 3 is 2.70 bits per heavy atom. The quantitative estimate of drug-likeness (QED) is 0.784. The van der Waals surface area contributed by atoms with Gasteiger partial charge in [0.2, 0.25) is 11.8 Å². The molecule has 2 atom stereocenters. The first kappa shape index (κ1) is 15.1. The maximum Gasteiger partial charge on any atom is 0.245 e. The average Bonchev–Trinajstić information content (AvgIpc) is 2.91. The number of hydrogen-bond donors (Lipinski definition) is 1. The topological polar surface area (TPSA) is 49.4 Å². The molecule has 1 heterocycles. The van der Waals surface area contributed by atoms with Gasteiger partial charge in [0.05, 0.1) is 0 Å². The molecule has 2 amide bonds. The predicted octanol–water partition coefficient (Wildman–Crippen LogP) is 2.25. The highest BCUT2D eigenvalue weighted by Gasteiger charge is 2.40. The highest BCUT2D eigenvalue weighted by Crippen LogP contribution is 2.24. The molecule has 0 aromatic rings. The summed E-state index contributed by atoms with van der Waals surface area (Å²) in [6, 6.07) is -0.651. The number of amides is 2. The van der Waals surface area contributed by atoms with Crippen molar-refractivity contribution in [3.05, 3.63) is 11.6 Å². The number of hydrogen-bond acceptors (Lipinski definition) is 2. The molecule has 1 saturated heterocycles. The molecule has 0 aromatic heterocycles. The maximum atomic E-state index is 12.5. The molecular weight excluding hydrogens is 252 g/mol. The Balaban J connectivity index is 2.09. The van der Waals surface area contributed by atoms with Crippen LogP contribution in [0.15, 0.2) is 11.6 Å². The van der Waals surface area contributed by atoms with Gasteiger partial charge in [-0.05, 0) is 38.0 Å². The van der Waals surface area contributed by atoms with Crippen LogP contribution in [-0.2, 0) is 9.59 Å². The van der Waals surface area contributed by atoms with E-state index in [1.54, 1.807) is 0 Å². The van der Waals surface area contributed by atoms with Gasteiger partial charge in [0.25, 0.3) is 0 Å². The summed E-state index contributed by atoms with van der Waals surface area (Å²) in [7, 11) is 0. The Morgan fingerprint density at radius 1 is 1.40 bits per heavy atom. The summed E-state index contributed by atoms with van der Waals surface area (Å²) in [6.07, 6.45) is 7.41. The standard InChI is InChI=1S/C16H26N2O2/c1-4-13-16(20)18(10-9-12-7-5-6-8-12)14(11(2)3)15(19)17-13/h7,11,13-14H,4-6,8-10H2,1-3H3,(H,17,19). The van der Waals surface area contributed by atoms with Crippen molar-refractivity contribution in [1.82, 2.24) is 10.2 Å². The molecule has 2 aliphatic rings. The van der Waals surface area contributed by atoms with E-state index < -0.39 is 0 Å². The summed E-state index contributed by atoms with van der Waals surface area (Å²) >= 11 is 0. The number of nitrogens with zero attached hydrogens (tertiary/aromatic N) is 1. The van der Waals surface area contributed by atoms with Crippen molar-refractivity contribution >= 4 is 11.8 Å². The molecule has 1 aliphatic heterocycles. The number of nitrogens with one attached hydrogen (secondary N) is 1. The second-order valence-electron chi connectivity index (χ2n) is 6.19. The largest absolute Gasteiger partial charge is 0.343 e. The zero-order valence-electron chi connectivity index (χ0n) is 12.8. The molecule has 1 fully saturated rings. The van der Waals surface area contributed by atoms with Crippen LogP contribution in [0.25, 0.3) is 0 Å². The zero-order chi connectivity index (χ0) is 14.7. The molecule has 20 heavy (non-hydrogen) atoms. The van der Waals surface area contributed by atoms with Gasteiger partial charge in [-0.2, -0.15) is 0 Å². The number of piperazine rings is 1. The molecule has 1 aliphatic carbocycles. The van der Waals surface area contributed by atoms with Crippen LogP contribution in [0.2, 0.25) is 0 Å². The summed E-state index contributed by atoms with van der Waals surface area (Å²) in [6.45, 7) is 6.63. The summed E-state index contributed by atoms with van der Waals surface area (Å²) < 4.78 is 0. The minimum atomic E-state index is -0.338. The van der Waals surface area contributed by atoms with Crippen LogP contribution in [0, 0.1) is 5.92 Å². The van der Waals surface area contributed by atoms with Crippen LogP contribution >= 0.6 is 0 Å². The fourth-order valence-electron chi connectivity index (χ4n) is 3.21. The van der Waals surface area contributed by atoms with Gasteiger partial charge >= 0.3 is 0 Å². The summed E-state index contributed by atoms with van der Waals surface area (Å²) in [4.78, 5) is 26.6. The summed E-state index contributed by atoms with van der Waals surface area (Å²) in [5.74, 6) is 0.241. The normalized spacial score (nSPS) is 27.0. The first-order valence-corrected chi connectivity index (χ1v) is 7.83. The van der Waals surface area contributed by atoms with Crippen LogP contribution in [0.3, 0.4) is 0 Å². The molecule has 0 saturated carbocycles. The Bertz CT molecular complexity index is 415. The zero-order valence-corrected chi connectivity index (χ0v) is 12.8. The van der Waals surface area contributed by atoms with Gasteiger partial charge < -0.3 is 10.2 Å².